The second-order valence-electron chi connectivity index (χ2n) is 4.95. The molecule has 17 heavy (non-hydrogen) atoms. The predicted molar refractivity (Wildman–Crippen MR) is 72.4 cm³/mol. The van der Waals surface area contributed by atoms with Gasteiger partial charge in [0.15, 0.2) is 0 Å². The van der Waals surface area contributed by atoms with Gasteiger partial charge in [-0.25, -0.2) is 0 Å². The summed E-state index contributed by atoms with van der Waals surface area (Å²) in [7, 11) is 1.78. The number of benzene rings is 1. The van der Waals surface area contributed by atoms with E-state index in [0.29, 0.717) is 5.92 Å². The molecule has 0 radical (unpaired) electrons. The minimum Gasteiger partial charge on any atom is -0.399 e. The van der Waals surface area contributed by atoms with Gasteiger partial charge in [0.05, 0.1) is 6.61 Å². The Morgan fingerprint density at radius 3 is 3.00 bits per heavy atom. The molecule has 94 valence electrons. The number of nitrogens with two attached hydrogens (primary N) is 1. The molecule has 0 aliphatic carbocycles. The van der Waals surface area contributed by atoms with Crippen LogP contribution in [0.3, 0.4) is 0 Å². The maximum atomic E-state index is 5.85. The Labute approximate surface area is 104 Å². The quantitative estimate of drug-likeness (QED) is 0.816. The molecule has 1 aromatic rings. The van der Waals surface area contributed by atoms with Crippen LogP contribution >= 0.6 is 0 Å². The highest BCUT2D eigenvalue weighted by Gasteiger charge is 2.20. The summed E-state index contributed by atoms with van der Waals surface area (Å²) in [4.78, 5) is 2.44. The average molecular weight is 234 g/mol. The van der Waals surface area contributed by atoms with Gasteiger partial charge in [-0.1, -0.05) is 0 Å². The smallest absolute Gasteiger partial charge is 0.0507 e. The third kappa shape index (κ3) is 2.91. The van der Waals surface area contributed by atoms with Crippen LogP contribution < -0.4 is 10.6 Å². The molecule has 0 amide bonds. The van der Waals surface area contributed by atoms with Crippen molar-refractivity contribution in [1.82, 2.24) is 0 Å². The highest BCUT2D eigenvalue weighted by Crippen LogP contribution is 2.25. The molecule has 3 nitrogen and oxygen atoms in total. The molecule has 1 atom stereocenters. The third-order valence-electron chi connectivity index (χ3n) is 3.54. The monoisotopic (exact) mass is 234 g/mol. The molecule has 1 fully saturated rings. The zero-order valence-electron chi connectivity index (χ0n) is 10.8. The van der Waals surface area contributed by atoms with E-state index in [9.17, 15) is 0 Å². The average Bonchev–Trinajstić information content (AvgIpc) is 2.33. The van der Waals surface area contributed by atoms with E-state index in [-0.39, 0.29) is 0 Å². The lowest BCUT2D eigenvalue weighted by Gasteiger charge is -2.34. The van der Waals surface area contributed by atoms with Crippen molar-refractivity contribution >= 4 is 11.4 Å². The van der Waals surface area contributed by atoms with Crippen LogP contribution in [0.5, 0.6) is 0 Å². The standard InChI is InChI=1S/C14H22N2O/c1-11-8-13(5-6-14(11)15)16-7-3-4-12(9-16)10-17-2/h5-6,8,12H,3-4,7,9-10,15H2,1-2H3. The first kappa shape index (κ1) is 12.2. The first-order chi connectivity index (χ1) is 8.20. The van der Waals surface area contributed by atoms with Crippen LogP contribution in [0.25, 0.3) is 0 Å². The number of hydrogen-bond acceptors (Lipinski definition) is 3. The molecule has 1 aliphatic rings. The van der Waals surface area contributed by atoms with Gasteiger partial charge in [-0.2, -0.15) is 0 Å². The molecule has 2 rings (SSSR count). The summed E-state index contributed by atoms with van der Waals surface area (Å²) in [6.07, 6.45) is 2.52. The summed E-state index contributed by atoms with van der Waals surface area (Å²) >= 11 is 0. The topological polar surface area (TPSA) is 38.5 Å². The Kier molecular flexibility index (Phi) is 3.89. The summed E-state index contributed by atoms with van der Waals surface area (Å²) in [5.74, 6) is 0.659. The van der Waals surface area contributed by atoms with Crippen molar-refractivity contribution in [2.75, 3.05) is 37.4 Å². The van der Waals surface area contributed by atoms with Crippen LogP contribution in [-0.2, 0) is 4.74 Å². The summed E-state index contributed by atoms with van der Waals surface area (Å²) in [6, 6.07) is 6.31. The second kappa shape index (κ2) is 5.41. The number of anilines is 2. The van der Waals surface area contributed by atoms with Crippen LogP contribution in [0, 0.1) is 12.8 Å². The molecule has 1 aromatic carbocycles. The third-order valence-corrected chi connectivity index (χ3v) is 3.54. The van der Waals surface area contributed by atoms with E-state index >= 15 is 0 Å². The fourth-order valence-electron chi connectivity index (χ4n) is 2.53. The Morgan fingerprint density at radius 1 is 1.47 bits per heavy atom. The van der Waals surface area contributed by atoms with Crippen molar-refractivity contribution in [2.45, 2.75) is 19.8 Å². The number of ether oxygens (including phenoxy) is 1. The number of hydrogen-bond donors (Lipinski definition) is 1. The molecule has 1 heterocycles. The van der Waals surface area contributed by atoms with Gasteiger partial charge in [0.1, 0.15) is 0 Å². The van der Waals surface area contributed by atoms with E-state index in [0.717, 1.165) is 30.9 Å². The normalized spacial score (nSPS) is 20.6. The maximum Gasteiger partial charge on any atom is 0.0507 e. The molecule has 1 saturated heterocycles. The number of aryl methyl sites for hydroxylation is 1. The van der Waals surface area contributed by atoms with Crippen LogP contribution in [0.2, 0.25) is 0 Å². The fourth-order valence-corrected chi connectivity index (χ4v) is 2.53. The number of piperidine rings is 1. The van der Waals surface area contributed by atoms with Crippen LogP contribution in [-0.4, -0.2) is 26.8 Å². The second-order valence-corrected chi connectivity index (χ2v) is 4.95. The van der Waals surface area contributed by atoms with Gasteiger partial charge < -0.3 is 15.4 Å². The summed E-state index contributed by atoms with van der Waals surface area (Å²) in [6.45, 7) is 5.17. The van der Waals surface area contributed by atoms with Gasteiger partial charge in [0, 0.05) is 31.6 Å². The summed E-state index contributed by atoms with van der Waals surface area (Å²) < 4.78 is 5.26. The first-order valence-corrected chi connectivity index (χ1v) is 6.30. The largest absolute Gasteiger partial charge is 0.399 e. The Balaban J connectivity index is 2.08. The highest BCUT2D eigenvalue weighted by molar-refractivity contribution is 5.58. The van der Waals surface area contributed by atoms with Crippen molar-refractivity contribution in [2.24, 2.45) is 5.92 Å². The van der Waals surface area contributed by atoms with E-state index in [2.05, 4.69) is 24.0 Å². The molecule has 3 heteroatoms. The van der Waals surface area contributed by atoms with E-state index in [1.807, 2.05) is 6.07 Å². The van der Waals surface area contributed by atoms with E-state index in [1.54, 1.807) is 7.11 Å². The van der Waals surface area contributed by atoms with Gasteiger partial charge in [-0.15, -0.1) is 0 Å². The van der Waals surface area contributed by atoms with Crippen LogP contribution in [0.4, 0.5) is 11.4 Å². The lowest BCUT2D eigenvalue weighted by atomic mass is 9.98. The van der Waals surface area contributed by atoms with Crippen molar-refractivity contribution in [1.29, 1.82) is 0 Å². The van der Waals surface area contributed by atoms with Gasteiger partial charge in [-0.3, -0.25) is 0 Å². The number of nitrogens with zero attached hydrogens (tertiary/aromatic N) is 1. The fraction of sp³-hybridized carbons (Fsp3) is 0.571. The van der Waals surface area contributed by atoms with Crippen molar-refractivity contribution in [3.05, 3.63) is 23.8 Å². The zero-order valence-corrected chi connectivity index (χ0v) is 10.8. The van der Waals surface area contributed by atoms with E-state index < -0.39 is 0 Å². The number of methoxy groups -OCH3 is 1. The molecule has 0 spiro atoms. The first-order valence-electron chi connectivity index (χ1n) is 6.30. The molecule has 0 bridgehead atoms. The molecule has 0 saturated carbocycles. The Bertz CT molecular complexity index is 376. The minimum absolute atomic E-state index is 0.659. The molecule has 0 aromatic heterocycles. The van der Waals surface area contributed by atoms with Crippen molar-refractivity contribution in [3.63, 3.8) is 0 Å². The number of rotatable bonds is 3. The molecule has 1 unspecified atom stereocenters. The Morgan fingerprint density at radius 2 is 2.29 bits per heavy atom. The van der Waals surface area contributed by atoms with E-state index in [1.165, 1.54) is 18.5 Å². The van der Waals surface area contributed by atoms with Crippen molar-refractivity contribution < 1.29 is 4.74 Å². The molecule has 1 aliphatic heterocycles. The van der Waals surface area contributed by atoms with Gasteiger partial charge >= 0.3 is 0 Å². The molecule has 2 N–H and O–H groups in total. The van der Waals surface area contributed by atoms with Crippen LogP contribution in [0.1, 0.15) is 18.4 Å². The Hall–Kier alpha value is -1.22. The van der Waals surface area contributed by atoms with Gasteiger partial charge in [0.2, 0.25) is 0 Å². The minimum atomic E-state index is 0.659. The lowest BCUT2D eigenvalue weighted by molar-refractivity contribution is 0.143. The predicted octanol–water partition coefficient (Wildman–Crippen LogP) is 2.44. The van der Waals surface area contributed by atoms with Gasteiger partial charge in [-0.05, 0) is 49.4 Å². The SMILES string of the molecule is COCC1CCCN(c2ccc(N)c(C)c2)C1. The van der Waals surface area contributed by atoms with Gasteiger partial charge in [0.25, 0.3) is 0 Å². The van der Waals surface area contributed by atoms with E-state index in [4.69, 9.17) is 10.5 Å². The summed E-state index contributed by atoms with van der Waals surface area (Å²) in [5.41, 5.74) is 9.18. The molecular formula is C14H22N2O. The lowest BCUT2D eigenvalue weighted by Crippen LogP contribution is -2.37. The van der Waals surface area contributed by atoms with Crippen LogP contribution in [0.15, 0.2) is 18.2 Å². The highest BCUT2D eigenvalue weighted by atomic mass is 16.5. The number of nitrogen functional groups attached to an aromatic ring is 1. The summed E-state index contributed by atoms with van der Waals surface area (Å²) in [5, 5.41) is 0. The zero-order chi connectivity index (χ0) is 12.3. The maximum absolute atomic E-state index is 5.85. The molecular weight excluding hydrogens is 212 g/mol. The van der Waals surface area contributed by atoms with Crippen molar-refractivity contribution in [3.8, 4) is 0 Å².